The predicted octanol–water partition coefficient (Wildman–Crippen LogP) is 1.81. The molecule has 0 bridgehead atoms. The highest BCUT2D eigenvalue weighted by Gasteiger charge is 2.23. The van der Waals surface area contributed by atoms with Gasteiger partial charge in [0.05, 0.1) is 19.1 Å². The maximum atomic E-state index is 12.7. The molecule has 0 atom stereocenters. The molecule has 1 aliphatic rings. The van der Waals surface area contributed by atoms with Crippen LogP contribution in [-0.2, 0) is 10.0 Å². The lowest BCUT2D eigenvalue weighted by Crippen LogP contribution is -2.38. The smallest absolute Gasteiger partial charge is 0.242 e. The average molecular weight is 342 g/mol. The fraction of sp³-hybridized carbons (Fsp3) is 0.625. The number of likely N-dealkylation sites (tertiary alicyclic amines) is 1. The second-order valence-corrected chi connectivity index (χ2v) is 7.79. The van der Waals surface area contributed by atoms with Crippen LogP contribution in [0.1, 0.15) is 19.3 Å². The Morgan fingerprint density at radius 1 is 1.09 bits per heavy atom. The van der Waals surface area contributed by atoms with E-state index in [1.54, 1.807) is 19.2 Å². The minimum atomic E-state index is -3.53. The predicted molar refractivity (Wildman–Crippen MR) is 89.7 cm³/mol. The van der Waals surface area contributed by atoms with Crippen LogP contribution in [0.5, 0.6) is 11.5 Å². The molecule has 0 unspecified atom stereocenters. The van der Waals surface area contributed by atoms with E-state index in [-0.39, 0.29) is 4.90 Å². The molecule has 1 aromatic rings. The topological polar surface area (TPSA) is 59.1 Å². The molecular weight excluding hydrogens is 316 g/mol. The number of sulfonamides is 1. The summed E-state index contributed by atoms with van der Waals surface area (Å²) in [4.78, 5) is 2.54. The van der Waals surface area contributed by atoms with Gasteiger partial charge in [-0.1, -0.05) is 6.42 Å². The van der Waals surface area contributed by atoms with Crippen LogP contribution in [0.2, 0.25) is 0 Å². The Kier molecular flexibility index (Phi) is 6.26. The van der Waals surface area contributed by atoms with Crippen molar-refractivity contribution in [2.24, 2.45) is 0 Å². The molecule has 130 valence electrons. The number of methoxy groups -OCH3 is 2. The van der Waals surface area contributed by atoms with Gasteiger partial charge in [0.25, 0.3) is 0 Å². The zero-order valence-electron chi connectivity index (χ0n) is 14.1. The summed E-state index contributed by atoms with van der Waals surface area (Å²) in [7, 11) is 1.11. The second-order valence-electron chi connectivity index (χ2n) is 5.75. The van der Waals surface area contributed by atoms with Crippen molar-refractivity contribution in [1.29, 1.82) is 0 Å². The number of ether oxygens (including phenoxy) is 2. The van der Waals surface area contributed by atoms with Gasteiger partial charge in [-0.2, -0.15) is 4.31 Å². The maximum Gasteiger partial charge on any atom is 0.242 e. The molecule has 2 rings (SSSR count). The molecule has 1 aliphatic heterocycles. The summed E-state index contributed by atoms with van der Waals surface area (Å²) in [6, 6.07) is 4.67. The molecule has 0 N–H and O–H groups in total. The normalized spacial score (nSPS) is 16.5. The van der Waals surface area contributed by atoms with Crippen LogP contribution in [-0.4, -0.2) is 65.1 Å². The van der Waals surface area contributed by atoms with Crippen LogP contribution in [0.15, 0.2) is 23.1 Å². The number of likely N-dealkylation sites (N-methyl/N-ethyl adjacent to an activating group) is 1. The zero-order chi connectivity index (χ0) is 16.9. The van der Waals surface area contributed by atoms with Gasteiger partial charge in [-0.25, -0.2) is 8.42 Å². The van der Waals surface area contributed by atoms with E-state index in [0.717, 1.165) is 19.6 Å². The van der Waals surface area contributed by atoms with Gasteiger partial charge >= 0.3 is 0 Å². The molecule has 0 radical (unpaired) electrons. The van der Waals surface area contributed by atoms with Crippen molar-refractivity contribution in [1.82, 2.24) is 9.21 Å². The van der Waals surface area contributed by atoms with E-state index < -0.39 is 10.0 Å². The van der Waals surface area contributed by atoms with E-state index >= 15 is 0 Å². The van der Waals surface area contributed by atoms with Gasteiger partial charge < -0.3 is 14.4 Å². The van der Waals surface area contributed by atoms with Crippen LogP contribution in [0, 0.1) is 0 Å². The summed E-state index contributed by atoms with van der Waals surface area (Å²) in [5.74, 6) is 0.931. The molecule has 1 saturated heterocycles. The van der Waals surface area contributed by atoms with Crippen molar-refractivity contribution < 1.29 is 17.9 Å². The Labute approximate surface area is 139 Å². The maximum absolute atomic E-state index is 12.7. The van der Waals surface area contributed by atoms with E-state index in [2.05, 4.69) is 4.90 Å². The average Bonchev–Trinajstić information content (AvgIpc) is 2.59. The van der Waals surface area contributed by atoms with Gasteiger partial charge in [0.15, 0.2) is 11.5 Å². The monoisotopic (exact) mass is 342 g/mol. The van der Waals surface area contributed by atoms with Crippen molar-refractivity contribution in [3.05, 3.63) is 18.2 Å². The number of hydrogen-bond acceptors (Lipinski definition) is 5. The van der Waals surface area contributed by atoms with E-state index in [0.29, 0.717) is 18.0 Å². The molecular formula is C16H26N2O4S. The minimum absolute atomic E-state index is 0.219. The molecule has 6 nitrogen and oxygen atoms in total. The summed E-state index contributed by atoms with van der Waals surface area (Å²) in [5, 5.41) is 0. The van der Waals surface area contributed by atoms with E-state index in [1.807, 2.05) is 0 Å². The molecule has 7 heteroatoms. The van der Waals surface area contributed by atoms with Gasteiger partial charge in [-0.15, -0.1) is 0 Å². The molecule has 1 heterocycles. The Morgan fingerprint density at radius 2 is 1.74 bits per heavy atom. The number of piperidine rings is 1. The molecule has 1 aromatic carbocycles. The van der Waals surface area contributed by atoms with Crippen LogP contribution in [0.25, 0.3) is 0 Å². The molecule has 0 amide bonds. The van der Waals surface area contributed by atoms with Crippen molar-refractivity contribution in [3.8, 4) is 11.5 Å². The first kappa shape index (κ1) is 18.0. The Hall–Kier alpha value is -1.31. The van der Waals surface area contributed by atoms with Crippen molar-refractivity contribution in [2.45, 2.75) is 24.2 Å². The summed E-state index contributed by atoms with van der Waals surface area (Å²) in [6.45, 7) is 3.37. The summed E-state index contributed by atoms with van der Waals surface area (Å²) in [5.41, 5.74) is 0. The molecule has 1 fully saturated rings. The summed E-state index contributed by atoms with van der Waals surface area (Å²) in [6.07, 6.45) is 3.68. The largest absolute Gasteiger partial charge is 0.493 e. The number of nitrogens with zero attached hydrogens (tertiary/aromatic N) is 2. The first-order valence-corrected chi connectivity index (χ1v) is 9.33. The molecule has 23 heavy (non-hydrogen) atoms. The van der Waals surface area contributed by atoms with E-state index in [4.69, 9.17) is 9.47 Å². The zero-order valence-corrected chi connectivity index (χ0v) is 14.9. The Bertz CT molecular complexity index is 613. The molecule has 0 aliphatic carbocycles. The first-order valence-electron chi connectivity index (χ1n) is 7.89. The summed E-state index contributed by atoms with van der Waals surface area (Å²) < 4.78 is 37.1. The highest BCUT2D eigenvalue weighted by molar-refractivity contribution is 7.89. The lowest BCUT2D eigenvalue weighted by atomic mass is 10.1. The second kappa shape index (κ2) is 7.99. The lowest BCUT2D eigenvalue weighted by molar-refractivity contribution is 0.218. The summed E-state index contributed by atoms with van der Waals surface area (Å²) >= 11 is 0. The highest BCUT2D eigenvalue weighted by atomic mass is 32.2. The molecule has 0 spiro atoms. The number of rotatable bonds is 7. The fourth-order valence-electron chi connectivity index (χ4n) is 2.74. The Morgan fingerprint density at radius 3 is 2.35 bits per heavy atom. The van der Waals surface area contributed by atoms with Crippen molar-refractivity contribution >= 4 is 10.0 Å². The standard InChI is InChI=1S/C16H26N2O4S/c1-17(11-12-18-9-5-4-6-10-18)23(19,20)14-7-8-15(21-2)16(13-14)22-3/h7-8,13H,4-6,9-12H2,1-3H3. The lowest BCUT2D eigenvalue weighted by Gasteiger charge is -2.28. The van der Waals surface area contributed by atoms with Gasteiger partial charge in [0.2, 0.25) is 10.0 Å². The quantitative estimate of drug-likeness (QED) is 0.756. The first-order chi connectivity index (χ1) is 11.0. The van der Waals surface area contributed by atoms with Crippen LogP contribution in [0.4, 0.5) is 0 Å². The minimum Gasteiger partial charge on any atom is -0.493 e. The number of benzene rings is 1. The third-order valence-corrected chi connectivity index (χ3v) is 6.10. The van der Waals surface area contributed by atoms with Crippen molar-refractivity contribution in [3.63, 3.8) is 0 Å². The third-order valence-electron chi connectivity index (χ3n) is 4.24. The van der Waals surface area contributed by atoms with Gasteiger partial charge in [0.1, 0.15) is 0 Å². The third kappa shape index (κ3) is 4.37. The molecule has 0 saturated carbocycles. The van der Waals surface area contributed by atoms with Crippen LogP contribution in [0.3, 0.4) is 0 Å². The van der Waals surface area contributed by atoms with Gasteiger partial charge in [0, 0.05) is 26.2 Å². The van der Waals surface area contributed by atoms with Crippen LogP contribution < -0.4 is 9.47 Å². The fourth-order valence-corrected chi connectivity index (χ4v) is 3.92. The van der Waals surface area contributed by atoms with Crippen LogP contribution >= 0.6 is 0 Å². The van der Waals surface area contributed by atoms with Gasteiger partial charge in [-0.05, 0) is 38.1 Å². The Balaban J connectivity index is 2.07. The van der Waals surface area contributed by atoms with E-state index in [1.165, 1.54) is 43.9 Å². The van der Waals surface area contributed by atoms with Crippen molar-refractivity contribution in [2.75, 3.05) is 47.4 Å². The highest BCUT2D eigenvalue weighted by Crippen LogP contribution is 2.30. The number of hydrogen-bond donors (Lipinski definition) is 0. The molecule has 0 aromatic heterocycles. The SMILES string of the molecule is COc1ccc(S(=O)(=O)N(C)CCN2CCCCC2)cc1OC. The van der Waals surface area contributed by atoms with Gasteiger partial charge in [-0.3, -0.25) is 0 Å². The van der Waals surface area contributed by atoms with E-state index in [9.17, 15) is 8.42 Å².